The van der Waals surface area contributed by atoms with Gasteiger partial charge in [0.1, 0.15) is 11.3 Å². The van der Waals surface area contributed by atoms with E-state index in [0.29, 0.717) is 5.02 Å². The van der Waals surface area contributed by atoms with Gasteiger partial charge in [0.15, 0.2) is 12.4 Å². The van der Waals surface area contributed by atoms with Gasteiger partial charge in [-0.3, -0.25) is 14.9 Å². The number of rotatable bonds is 6. The molecule has 0 unspecified atom stereocenters. The molecule has 0 aliphatic carbocycles. The zero-order valence-corrected chi connectivity index (χ0v) is 13.3. The molecular weight excluding hydrogens is 338 g/mol. The first-order chi connectivity index (χ1) is 11.4. The van der Waals surface area contributed by atoms with Gasteiger partial charge in [0.05, 0.1) is 12.0 Å². The van der Waals surface area contributed by atoms with Crippen LogP contribution in [0.25, 0.3) is 0 Å². The fourth-order valence-electron chi connectivity index (χ4n) is 1.90. The van der Waals surface area contributed by atoms with Crippen molar-refractivity contribution in [2.24, 2.45) is 0 Å². The monoisotopic (exact) mass is 349 g/mol. The van der Waals surface area contributed by atoms with Crippen molar-refractivity contribution in [1.29, 1.82) is 0 Å². The van der Waals surface area contributed by atoms with E-state index >= 15 is 0 Å². The Hall–Kier alpha value is -2.93. The summed E-state index contributed by atoms with van der Waals surface area (Å²) in [6.07, 6.45) is 0. The molecule has 2 rings (SSSR count). The van der Waals surface area contributed by atoms with Crippen molar-refractivity contribution in [3.63, 3.8) is 0 Å². The summed E-state index contributed by atoms with van der Waals surface area (Å²) >= 11 is 5.83. The molecule has 0 saturated carbocycles. The van der Waals surface area contributed by atoms with Gasteiger partial charge >= 0.3 is 5.97 Å². The molecular formula is C16H12ClNO6. The van der Waals surface area contributed by atoms with Gasteiger partial charge in [-0.2, -0.15) is 0 Å². The van der Waals surface area contributed by atoms with Gasteiger partial charge in [-0.25, -0.2) is 4.79 Å². The zero-order valence-electron chi connectivity index (χ0n) is 12.5. The molecule has 0 amide bonds. The van der Waals surface area contributed by atoms with Crippen LogP contribution in [0.15, 0.2) is 42.5 Å². The van der Waals surface area contributed by atoms with E-state index in [-0.39, 0.29) is 22.6 Å². The van der Waals surface area contributed by atoms with E-state index in [2.05, 4.69) is 0 Å². The number of esters is 1. The standard InChI is InChI=1S/C16H12ClNO6/c1-23-15-7-4-11(17)8-13(15)16(20)24-9-14(19)10-2-5-12(6-3-10)18(21)22/h2-8H,9H2,1H3. The molecule has 0 heterocycles. The highest BCUT2D eigenvalue weighted by Gasteiger charge is 2.17. The molecule has 0 spiro atoms. The molecule has 8 heteroatoms. The third-order valence-electron chi connectivity index (χ3n) is 3.12. The molecule has 2 aromatic rings. The number of nitro benzene ring substituents is 1. The van der Waals surface area contributed by atoms with E-state index in [9.17, 15) is 19.7 Å². The van der Waals surface area contributed by atoms with E-state index < -0.39 is 23.3 Å². The number of carbonyl (C=O) groups is 2. The number of non-ortho nitro benzene ring substituents is 1. The van der Waals surface area contributed by atoms with Gasteiger partial charge in [-0.05, 0) is 30.3 Å². The second kappa shape index (κ2) is 7.56. The number of carbonyl (C=O) groups excluding carboxylic acids is 2. The third kappa shape index (κ3) is 4.08. The molecule has 0 aliphatic rings. The molecule has 2 aromatic carbocycles. The fourth-order valence-corrected chi connectivity index (χ4v) is 2.07. The van der Waals surface area contributed by atoms with Gasteiger partial charge in [0.2, 0.25) is 0 Å². The number of benzene rings is 2. The average Bonchev–Trinajstić information content (AvgIpc) is 2.59. The van der Waals surface area contributed by atoms with Crippen LogP contribution in [0.3, 0.4) is 0 Å². The summed E-state index contributed by atoms with van der Waals surface area (Å²) in [6, 6.07) is 9.45. The fraction of sp³-hybridized carbons (Fsp3) is 0.125. The van der Waals surface area contributed by atoms with Crippen LogP contribution < -0.4 is 4.74 Å². The van der Waals surface area contributed by atoms with E-state index in [4.69, 9.17) is 21.1 Å². The highest BCUT2D eigenvalue weighted by molar-refractivity contribution is 6.31. The Bertz CT molecular complexity index is 788. The van der Waals surface area contributed by atoms with Crippen molar-refractivity contribution in [3.8, 4) is 5.75 Å². The summed E-state index contributed by atoms with van der Waals surface area (Å²) in [5.41, 5.74) is 0.167. The molecule has 0 fully saturated rings. The second-order valence-corrected chi connectivity index (χ2v) is 5.08. The van der Waals surface area contributed by atoms with Crippen LogP contribution in [-0.2, 0) is 4.74 Å². The number of Topliss-reactive ketones (excluding diaryl/α,β-unsaturated/α-hetero) is 1. The van der Waals surface area contributed by atoms with E-state index in [1.807, 2.05) is 0 Å². The smallest absolute Gasteiger partial charge is 0.342 e. The molecule has 0 bridgehead atoms. The molecule has 24 heavy (non-hydrogen) atoms. The van der Waals surface area contributed by atoms with Crippen molar-refractivity contribution in [2.75, 3.05) is 13.7 Å². The van der Waals surface area contributed by atoms with Crippen molar-refractivity contribution >= 4 is 29.0 Å². The number of ether oxygens (including phenoxy) is 2. The van der Waals surface area contributed by atoms with Crippen LogP contribution in [0.5, 0.6) is 5.75 Å². The van der Waals surface area contributed by atoms with Crippen molar-refractivity contribution < 1.29 is 24.0 Å². The summed E-state index contributed by atoms with van der Waals surface area (Å²) in [5, 5.41) is 10.9. The minimum absolute atomic E-state index is 0.0986. The molecule has 124 valence electrons. The molecule has 0 aliphatic heterocycles. The summed E-state index contributed by atoms with van der Waals surface area (Å²) in [5.74, 6) is -0.976. The number of halogens is 1. The number of ketones is 1. The maximum absolute atomic E-state index is 12.1. The normalized spacial score (nSPS) is 10.1. The highest BCUT2D eigenvalue weighted by atomic mass is 35.5. The van der Waals surface area contributed by atoms with Crippen LogP contribution in [-0.4, -0.2) is 30.4 Å². The topological polar surface area (TPSA) is 95.7 Å². The largest absolute Gasteiger partial charge is 0.496 e. The first-order valence-electron chi connectivity index (χ1n) is 6.70. The van der Waals surface area contributed by atoms with Gasteiger partial charge in [-0.15, -0.1) is 0 Å². The van der Waals surface area contributed by atoms with Gasteiger partial charge in [0.25, 0.3) is 5.69 Å². The lowest BCUT2D eigenvalue weighted by molar-refractivity contribution is -0.384. The Labute approximate surface area is 141 Å². The molecule has 0 saturated heterocycles. The lowest BCUT2D eigenvalue weighted by atomic mass is 10.1. The van der Waals surface area contributed by atoms with Crippen LogP contribution in [0.1, 0.15) is 20.7 Å². The Kier molecular flexibility index (Phi) is 5.49. The lowest BCUT2D eigenvalue weighted by Gasteiger charge is -2.09. The minimum atomic E-state index is -0.760. The first kappa shape index (κ1) is 17.4. The summed E-state index contributed by atoms with van der Waals surface area (Å²) < 4.78 is 10.00. The van der Waals surface area contributed by atoms with Crippen LogP contribution >= 0.6 is 11.6 Å². The van der Waals surface area contributed by atoms with E-state index in [1.165, 1.54) is 43.5 Å². The first-order valence-corrected chi connectivity index (χ1v) is 7.08. The second-order valence-electron chi connectivity index (χ2n) is 4.65. The molecule has 0 aromatic heterocycles. The quantitative estimate of drug-likeness (QED) is 0.343. The number of nitro groups is 1. The Morgan fingerprint density at radius 2 is 1.83 bits per heavy atom. The molecule has 0 radical (unpaired) electrons. The molecule has 0 atom stereocenters. The van der Waals surface area contributed by atoms with Gasteiger partial charge in [-0.1, -0.05) is 11.6 Å². The number of hydrogen-bond donors (Lipinski definition) is 0. The third-order valence-corrected chi connectivity index (χ3v) is 3.35. The van der Waals surface area contributed by atoms with Crippen LogP contribution in [0.2, 0.25) is 5.02 Å². The maximum atomic E-state index is 12.1. The summed E-state index contributed by atoms with van der Waals surface area (Å²) in [6.45, 7) is -0.508. The lowest BCUT2D eigenvalue weighted by Crippen LogP contribution is -2.15. The average molecular weight is 350 g/mol. The van der Waals surface area contributed by atoms with Crippen molar-refractivity contribution in [1.82, 2.24) is 0 Å². The Balaban J connectivity index is 2.04. The van der Waals surface area contributed by atoms with E-state index in [1.54, 1.807) is 6.07 Å². The summed E-state index contributed by atoms with van der Waals surface area (Å²) in [4.78, 5) is 34.0. The number of hydrogen-bond acceptors (Lipinski definition) is 6. The van der Waals surface area contributed by atoms with Gasteiger partial charge in [0, 0.05) is 22.7 Å². The van der Waals surface area contributed by atoms with Crippen molar-refractivity contribution in [2.45, 2.75) is 0 Å². The van der Waals surface area contributed by atoms with Crippen molar-refractivity contribution in [3.05, 3.63) is 68.7 Å². The predicted octanol–water partition coefficient (Wildman–Crippen LogP) is 3.30. The highest BCUT2D eigenvalue weighted by Crippen LogP contribution is 2.23. The van der Waals surface area contributed by atoms with Crippen LogP contribution in [0, 0.1) is 10.1 Å². The SMILES string of the molecule is COc1ccc(Cl)cc1C(=O)OCC(=O)c1ccc([N+](=O)[O-])cc1. The Morgan fingerprint density at radius 3 is 2.42 bits per heavy atom. The maximum Gasteiger partial charge on any atom is 0.342 e. The Morgan fingerprint density at radius 1 is 1.17 bits per heavy atom. The molecule has 7 nitrogen and oxygen atoms in total. The minimum Gasteiger partial charge on any atom is -0.496 e. The zero-order chi connectivity index (χ0) is 17.7. The number of methoxy groups -OCH3 is 1. The van der Waals surface area contributed by atoms with E-state index in [0.717, 1.165) is 0 Å². The molecule has 0 N–H and O–H groups in total. The summed E-state index contributed by atoms with van der Waals surface area (Å²) in [7, 11) is 1.39. The number of nitrogens with zero attached hydrogens (tertiary/aromatic N) is 1. The van der Waals surface area contributed by atoms with Crippen LogP contribution in [0.4, 0.5) is 5.69 Å². The van der Waals surface area contributed by atoms with Gasteiger partial charge < -0.3 is 9.47 Å². The predicted molar refractivity (Wildman–Crippen MR) is 85.7 cm³/mol.